The van der Waals surface area contributed by atoms with Crippen molar-refractivity contribution < 1.29 is 5.11 Å². The first-order chi connectivity index (χ1) is 9.04. The molecule has 1 aromatic rings. The second-order valence-electron chi connectivity index (χ2n) is 6.08. The Kier molecular flexibility index (Phi) is 4.83. The molecule has 1 N–H and O–H groups in total. The number of aliphatic hydroxyl groups is 1. The van der Waals surface area contributed by atoms with E-state index in [2.05, 4.69) is 40.1 Å². The smallest absolute Gasteiger partial charge is 0.0603 e. The van der Waals surface area contributed by atoms with E-state index in [0.717, 1.165) is 39.1 Å². The topological polar surface area (TPSA) is 26.7 Å². The van der Waals surface area contributed by atoms with Gasteiger partial charge < -0.3 is 14.9 Å². The van der Waals surface area contributed by atoms with Crippen LogP contribution in [-0.2, 0) is 0 Å². The first kappa shape index (κ1) is 14.4. The van der Waals surface area contributed by atoms with E-state index in [4.69, 9.17) is 0 Å². The average Bonchev–Trinajstić information content (AvgIpc) is 2.62. The summed E-state index contributed by atoms with van der Waals surface area (Å²) in [6.45, 7) is 9.21. The van der Waals surface area contributed by atoms with Crippen molar-refractivity contribution in [1.29, 1.82) is 0 Å². The molecular weight excluding hydrogens is 236 g/mol. The quantitative estimate of drug-likeness (QED) is 0.902. The van der Waals surface area contributed by atoms with Gasteiger partial charge in [-0.25, -0.2) is 0 Å². The number of para-hydroxylation sites is 1. The number of benzene rings is 1. The van der Waals surface area contributed by atoms with Crippen LogP contribution in [-0.4, -0.2) is 48.3 Å². The van der Waals surface area contributed by atoms with Crippen LogP contribution in [0.3, 0.4) is 0 Å². The molecule has 0 aromatic heterocycles. The molecular formula is C16H26N2O. The van der Waals surface area contributed by atoms with Gasteiger partial charge in [-0.3, -0.25) is 0 Å². The molecule has 106 valence electrons. The minimum absolute atomic E-state index is 0.550. The van der Waals surface area contributed by atoms with Crippen LogP contribution in [0.15, 0.2) is 30.3 Å². The Balaban J connectivity index is 1.85. The van der Waals surface area contributed by atoms with E-state index in [-0.39, 0.29) is 0 Å². The molecule has 0 amide bonds. The lowest BCUT2D eigenvalue weighted by atomic mass is 10.1. The van der Waals surface area contributed by atoms with Crippen LogP contribution in [0, 0.1) is 0 Å². The molecule has 1 aliphatic heterocycles. The summed E-state index contributed by atoms with van der Waals surface area (Å²) in [7, 11) is 0. The maximum absolute atomic E-state index is 9.81. The fourth-order valence-electron chi connectivity index (χ4n) is 2.52. The summed E-state index contributed by atoms with van der Waals surface area (Å²) < 4.78 is 0. The van der Waals surface area contributed by atoms with E-state index in [1.54, 1.807) is 0 Å². The van der Waals surface area contributed by atoms with Crippen LogP contribution in [0.2, 0.25) is 0 Å². The van der Waals surface area contributed by atoms with Gasteiger partial charge in [-0.1, -0.05) is 18.2 Å². The SMILES string of the molecule is CC(C)(O)CCN1CCCN(c2ccccc2)CC1. The van der Waals surface area contributed by atoms with Gasteiger partial charge in [0.1, 0.15) is 0 Å². The summed E-state index contributed by atoms with van der Waals surface area (Å²) in [5.41, 5.74) is 0.776. The minimum atomic E-state index is -0.550. The molecule has 2 rings (SSSR count). The highest BCUT2D eigenvalue weighted by atomic mass is 16.3. The van der Waals surface area contributed by atoms with Crippen molar-refractivity contribution in [3.8, 4) is 0 Å². The Bertz CT molecular complexity index is 372. The summed E-state index contributed by atoms with van der Waals surface area (Å²) in [6, 6.07) is 10.6. The van der Waals surface area contributed by atoms with Gasteiger partial charge in [0.2, 0.25) is 0 Å². The first-order valence-electron chi connectivity index (χ1n) is 7.29. The lowest BCUT2D eigenvalue weighted by Gasteiger charge is -2.25. The van der Waals surface area contributed by atoms with Gasteiger partial charge in [0, 0.05) is 31.9 Å². The highest BCUT2D eigenvalue weighted by molar-refractivity contribution is 5.46. The second kappa shape index (κ2) is 6.40. The largest absolute Gasteiger partial charge is 0.390 e. The van der Waals surface area contributed by atoms with Gasteiger partial charge in [-0.05, 0) is 45.4 Å². The summed E-state index contributed by atoms with van der Waals surface area (Å²) in [5, 5.41) is 9.81. The predicted octanol–water partition coefficient (Wildman–Crippen LogP) is 2.36. The molecule has 1 saturated heterocycles. The molecule has 0 unspecified atom stereocenters. The van der Waals surface area contributed by atoms with E-state index in [1.807, 2.05) is 13.8 Å². The Morgan fingerprint density at radius 3 is 2.47 bits per heavy atom. The normalized spacial score (nSPS) is 18.4. The summed E-state index contributed by atoms with van der Waals surface area (Å²) >= 11 is 0. The molecule has 3 nitrogen and oxygen atoms in total. The molecule has 0 saturated carbocycles. The average molecular weight is 262 g/mol. The third-order valence-electron chi connectivity index (χ3n) is 3.75. The van der Waals surface area contributed by atoms with E-state index >= 15 is 0 Å². The molecule has 1 fully saturated rings. The summed E-state index contributed by atoms with van der Waals surface area (Å²) in [4.78, 5) is 4.94. The predicted molar refractivity (Wildman–Crippen MR) is 80.6 cm³/mol. The zero-order valence-corrected chi connectivity index (χ0v) is 12.2. The molecule has 0 spiro atoms. The first-order valence-corrected chi connectivity index (χ1v) is 7.29. The Labute approximate surface area is 116 Å². The van der Waals surface area contributed by atoms with Crippen molar-refractivity contribution in [2.24, 2.45) is 0 Å². The monoisotopic (exact) mass is 262 g/mol. The van der Waals surface area contributed by atoms with Crippen LogP contribution >= 0.6 is 0 Å². The number of anilines is 1. The van der Waals surface area contributed by atoms with Crippen molar-refractivity contribution >= 4 is 5.69 Å². The number of hydrogen-bond donors (Lipinski definition) is 1. The maximum Gasteiger partial charge on any atom is 0.0603 e. The minimum Gasteiger partial charge on any atom is -0.390 e. The fraction of sp³-hybridized carbons (Fsp3) is 0.625. The van der Waals surface area contributed by atoms with Crippen LogP contribution in [0.4, 0.5) is 5.69 Å². The molecule has 19 heavy (non-hydrogen) atoms. The van der Waals surface area contributed by atoms with Gasteiger partial charge >= 0.3 is 0 Å². The summed E-state index contributed by atoms with van der Waals surface area (Å²) in [6.07, 6.45) is 2.04. The van der Waals surface area contributed by atoms with Gasteiger partial charge in [0.05, 0.1) is 5.60 Å². The zero-order chi connectivity index (χ0) is 13.7. The maximum atomic E-state index is 9.81. The van der Waals surface area contributed by atoms with E-state index < -0.39 is 5.60 Å². The molecule has 1 aliphatic rings. The Morgan fingerprint density at radius 2 is 1.79 bits per heavy atom. The van der Waals surface area contributed by atoms with Gasteiger partial charge in [0.15, 0.2) is 0 Å². The number of nitrogens with zero attached hydrogens (tertiary/aromatic N) is 2. The lowest BCUT2D eigenvalue weighted by Crippen LogP contribution is -2.34. The van der Waals surface area contributed by atoms with Crippen molar-refractivity contribution in [3.63, 3.8) is 0 Å². The van der Waals surface area contributed by atoms with E-state index in [0.29, 0.717) is 0 Å². The van der Waals surface area contributed by atoms with E-state index in [9.17, 15) is 5.11 Å². The zero-order valence-electron chi connectivity index (χ0n) is 12.2. The van der Waals surface area contributed by atoms with Crippen molar-refractivity contribution in [1.82, 2.24) is 4.90 Å². The van der Waals surface area contributed by atoms with Crippen molar-refractivity contribution in [2.75, 3.05) is 37.6 Å². The van der Waals surface area contributed by atoms with Crippen LogP contribution in [0.5, 0.6) is 0 Å². The third kappa shape index (κ3) is 4.84. The highest BCUT2D eigenvalue weighted by Crippen LogP contribution is 2.16. The number of rotatable bonds is 4. The molecule has 0 radical (unpaired) electrons. The molecule has 0 aliphatic carbocycles. The lowest BCUT2D eigenvalue weighted by molar-refractivity contribution is 0.0585. The van der Waals surface area contributed by atoms with Gasteiger partial charge in [-0.2, -0.15) is 0 Å². The van der Waals surface area contributed by atoms with Crippen LogP contribution in [0.25, 0.3) is 0 Å². The van der Waals surface area contributed by atoms with Crippen LogP contribution in [0.1, 0.15) is 26.7 Å². The van der Waals surface area contributed by atoms with Gasteiger partial charge in [-0.15, -0.1) is 0 Å². The van der Waals surface area contributed by atoms with E-state index in [1.165, 1.54) is 12.1 Å². The van der Waals surface area contributed by atoms with Crippen LogP contribution < -0.4 is 4.90 Å². The van der Waals surface area contributed by atoms with Crippen molar-refractivity contribution in [2.45, 2.75) is 32.3 Å². The summed E-state index contributed by atoms with van der Waals surface area (Å²) in [5.74, 6) is 0. The molecule has 1 aromatic carbocycles. The third-order valence-corrected chi connectivity index (χ3v) is 3.75. The van der Waals surface area contributed by atoms with Crippen molar-refractivity contribution in [3.05, 3.63) is 30.3 Å². The molecule has 1 heterocycles. The Morgan fingerprint density at radius 1 is 1.05 bits per heavy atom. The highest BCUT2D eigenvalue weighted by Gasteiger charge is 2.18. The molecule has 0 atom stereocenters. The standard InChI is InChI=1S/C16H26N2O/c1-16(2,19)9-12-17-10-6-11-18(14-13-17)15-7-4-3-5-8-15/h3-5,7-8,19H,6,9-14H2,1-2H3. The van der Waals surface area contributed by atoms with Gasteiger partial charge in [0.25, 0.3) is 0 Å². The second-order valence-corrected chi connectivity index (χ2v) is 6.08. The molecule has 0 bridgehead atoms. The Hall–Kier alpha value is -1.06. The molecule has 3 heteroatoms. The number of hydrogen-bond acceptors (Lipinski definition) is 3. The fourth-order valence-corrected chi connectivity index (χ4v) is 2.52.